The van der Waals surface area contributed by atoms with Crippen molar-refractivity contribution >= 4 is 29.3 Å². The molecule has 0 aromatic heterocycles. The van der Waals surface area contributed by atoms with Crippen molar-refractivity contribution < 1.29 is 0 Å². The molecule has 0 fully saturated rings. The predicted molar refractivity (Wildman–Crippen MR) is 67.4 cm³/mol. The van der Waals surface area contributed by atoms with Gasteiger partial charge in [0.25, 0.3) is 0 Å². The molecule has 2 rings (SSSR count). The second kappa shape index (κ2) is 3.61. The third-order valence-electron chi connectivity index (χ3n) is 2.31. The Bertz CT molecular complexity index is 307. The molecule has 0 radical (unpaired) electrons. The molecule has 13 heavy (non-hydrogen) atoms. The van der Waals surface area contributed by atoms with Crippen LogP contribution in [0, 0.1) is 0 Å². The van der Waals surface area contributed by atoms with Crippen molar-refractivity contribution in [3.8, 4) is 0 Å². The Morgan fingerprint density at radius 1 is 0.846 bits per heavy atom. The third-order valence-corrected chi connectivity index (χ3v) is 7.77. The minimum atomic E-state index is -1.61. The lowest BCUT2D eigenvalue weighted by molar-refractivity contribution is 1.36. The van der Waals surface area contributed by atoms with Crippen molar-refractivity contribution in [2.24, 2.45) is 0 Å². The van der Waals surface area contributed by atoms with Crippen LogP contribution >= 0.6 is 17.5 Å². The first kappa shape index (κ1) is 9.51. The van der Waals surface area contributed by atoms with Crippen LogP contribution in [-0.2, 0) is 11.8 Å². The van der Waals surface area contributed by atoms with Gasteiger partial charge in [-0.25, -0.2) is 0 Å². The van der Waals surface area contributed by atoms with Gasteiger partial charge in [-0.05, 0) is 0 Å². The van der Waals surface area contributed by atoms with Crippen LogP contribution in [0.4, 0.5) is 0 Å². The van der Waals surface area contributed by atoms with E-state index in [0.29, 0.717) is 11.3 Å². The first-order valence-corrected chi connectivity index (χ1v) is 8.33. The van der Waals surface area contributed by atoms with Gasteiger partial charge < -0.3 is 0 Å². The van der Waals surface area contributed by atoms with Gasteiger partial charge in [-0.1, -0.05) is 60.4 Å². The average molecular weight is 226 g/mol. The average Bonchev–Trinajstić information content (AvgIpc) is 2.78. The highest BCUT2D eigenvalue weighted by molar-refractivity contribution is 8.64. The largest absolute Gasteiger partial charge is 0.139 e. The topological polar surface area (TPSA) is 0 Å². The van der Waals surface area contributed by atoms with E-state index < -0.39 is 5.24 Å². The number of allylic oxidation sites excluding steroid dienone is 8. The Kier molecular flexibility index (Phi) is 2.64. The van der Waals surface area contributed by atoms with Crippen LogP contribution in [0.3, 0.4) is 0 Å². The second-order valence-corrected chi connectivity index (χ2v) is 10.3. The van der Waals surface area contributed by atoms with Crippen LogP contribution in [0.15, 0.2) is 48.6 Å². The molecule has 0 unspecified atom stereocenters. The van der Waals surface area contributed by atoms with E-state index in [4.69, 9.17) is 24.1 Å². The molecule has 0 aliphatic heterocycles. The molecule has 2 aliphatic rings. The number of rotatable bonds is 2. The molecule has 2 aliphatic carbocycles. The minimum Gasteiger partial charge on any atom is -0.139 e. The lowest BCUT2D eigenvalue weighted by atomic mass is 10.5. The molecular weight excluding hydrogens is 215 g/mol. The van der Waals surface area contributed by atoms with Gasteiger partial charge in [-0.2, -0.15) is 0 Å². The van der Waals surface area contributed by atoms with E-state index in [1.54, 1.807) is 0 Å². The van der Waals surface area contributed by atoms with E-state index in [-0.39, 0.29) is 0 Å². The maximum absolute atomic E-state index is 5.63. The van der Waals surface area contributed by atoms with Gasteiger partial charge in [-0.3, -0.25) is 0 Å². The fourth-order valence-corrected chi connectivity index (χ4v) is 5.08. The first-order valence-electron chi connectivity index (χ1n) is 4.23. The van der Waals surface area contributed by atoms with Crippen molar-refractivity contribution in [3.05, 3.63) is 48.6 Å². The molecule has 0 aromatic rings. The van der Waals surface area contributed by atoms with E-state index in [2.05, 4.69) is 48.6 Å². The summed E-state index contributed by atoms with van der Waals surface area (Å²) < 4.78 is 0. The lowest BCUT2D eigenvalue weighted by Crippen LogP contribution is -2.05. The summed E-state index contributed by atoms with van der Waals surface area (Å²) in [6.07, 6.45) is 16.9. The smallest absolute Gasteiger partial charge is 0.0339 e. The summed E-state index contributed by atoms with van der Waals surface area (Å²) in [7, 11) is 0. The Labute approximate surface area is 89.3 Å². The van der Waals surface area contributed by atoms with Crippen LogP contribution in [0.1, 0.15) is 0 Å². The number of hydrogen-bond donors (Lipinski definition) is 1. The van der Waals surface area contributed by atoms with Gasteiger partial charge in [0.15, 0.2) is 0 Å². The minimum absolute atomic E-state index is 0.378. The zero-order chi connectivity index (χ0) is 9.31. The molecule has 0 aromatic carbocycles. The quantitative estimate of drug-likeness (QED) is 0.557. The lowest BCUT2D eigenvalue weighted by Gasteiger charge is -2.24. The standard InChI is InChI=1S/C10H11PS2/c12-11(13,9-5-1-2-6-9)10-7-3-4-8-10/h1-10H,(H,12,13). The molecule has 0 bridgehead atoms. The van der Waals surface area contributed by atoms with Gasteiger partial charge in [0.2, 0.25) is 0 Å². The first-order chi connectivity index (χ1) is 6.21. The zero-order valence-electron chi connectivity index (χ0n) is 7.08. The highest BCUT2D eigenvalue weighted by Crippen LogP contribution is 2.63. The van der Waals surface area contributed by atoms with Gasteiger partial charge in [0.05, 0.1) is 0 Å². The van der Waals surface area contributed by atoms with Crippen LogP contribution in [0.5, 0.6) is 0 Å². The van der Waals surface area contributed by atoms with Crippen molar-refractivity contribution in [2.75, 3.05) is 0 Å². The number of thiol groups is 1. The molecule has 0 saturated heterocycles. The molecule has 0 amide bonds. The summed E-state index contributed by atoms with van der Waals surface area (Å²) in [6.45, 7) is 0. The van der Waals surface area contributed by atoms with E-state index in [9.17, 15) is 0 Å². The van der Waals surface area contributed by atoms with E-state index >= 15 is 0 Å². The number of hydrogen-bond acceptors (Lipinski definition) is 1. The van der Waals surface area contributed by atoms with E-state index in [0.717, 1.165) is 0 Å². The van der Waals surface area contributed by atoms with Gasteiger partial charge in [-0.15, -0.1) is 12.2 Å². The van der Waals surface area contributed by atoms with Crippen LogP contribution < -0.4 is 0 Å². The summed E-state index contributed by atoms with van der Waals surface area (Å²) in [4.78, 5) is 0. The zero-order valence-corrected chi connectivity index (χ0v) is 9.68. The SMILES string of the molecule is S=P(S)(C1C=CC=C1)C1C=CC=C1. The van der Waals surface area contributed by atoms with Gasteiger partial charge >= 0.3 is 0 Å². The summed E-state index contributed by atoms with van der Waals surface area (Å²) in [5.74, 6) is 0. The third kappa shape index (κ3) is 1.76. The molecule has 0 atom stereocenters. The van der Waals surface area contributed by atoms with Crippen LogP contribution in [0.25, 0.3) is 0 Å². The van der Waals surface area contributed by atoms with Crippen molar-refractivity contribution in [3.63, 3.8) is 0 Å². The summed E-state index contributed by atoms with van der Waals surface area (Å²) >= 11 is 10.3. The van der Waals surface area contributed by atoms with Crippen LogP contribution in [0.2, 0.25) is 0 Å². The summed E-state index contributed by atoms with van der Waals surface area (Å²) in [6, 6.07) is 0. The fraction of sp³-hybridized carbons (Fsp3) is 0.200. The Morgan fingerprint density at radius 2 is 1.15 bits per heavy atom. The van der Waals surface area contributed by atoms with E-state index in [1.807, 2.05) is 0 Å². The maximum Gasteiger partial charge on any atom is 0.0339 e. The molecule has 0 spiro atoms. The molecule has 0 nitrogen and oxygen atoms in total. The molecular formula is C10H11PS2. The second-order valence-electron chi connectivity index (χ2n) is 3.19. The van der Waals surface area contributed by atoms with Crippen molar-refractivity contribution in [1.82, 2.24) is 0 Å². The molecule has 68 valence electrons. The normalized spacial score (nSPS) is 22.2. The highest BCUT2D eigenvalue weighted by Gasteiger charge is 2.28. The molecule has 0 heterocycles. The molecule has 0 saturated carbocycles. The van der Waals surface area contributed by atoms with Crippen LogP contribution in [-0.4, -0.2) is 11.3 Å². The Morgan fingerprint density at radius 3 is 1.46 bits per heavy atom. The fourth-order valence-electron chi connectivity index (χ4n) is 1.53. The monoisotopic (exact) mass is 226 g/mol. The van der Waals surface area contributed by atoms with Crippen molar-refractivity contribution in [1.29, 1.82) is 0 Å². The summed E-state index contributed by atoms with van der Waals surface area (Å²) in [5.41, 5.74) is 0.756. The van der Waals surface area contributed by atoms with E-state index in [1.165, 1.54) is 0 Å². The molecule has 0 N–H and O–H groups in total. The van der Waals surface area contributed by atoms with Gasteiger partial charge in [0, 0.05) is 16.6 Å². The maximum atomic E-state index is 5.63. The predicted octanol–water partition coefficient (Wildman–Crippen LogP) is 3.30. The summed E-state index contributed by atoms with van der Waals surface area (Å²) in [5, 5.41) is -1.61. The molecule has 3 heteroatoms. The van der Waals surface area contributed by atoms with Gasteiger partial charge in [0.1, 0.15) is 0 Å². The van der Waals surface area contributed by atoms with Crippen molar-refractivity contribution in [2.45, 2.75) is 11.3 Å². The Hall–Kier alpha value is -0.0400. The highest BCUT2D eigenvalue weighted by atomic mass is 32.9. The Balaban J connectivity index is 2.24.